The van der Waals surface area contributed by atoms with E-state index in [0.29, 0.717) is 39.0 Å². The van der Waals surface area contributed by atoms with E-state index in [9.17, 15) is 4.79 Å². The Kier molecular flexibility index (Phi) is 8.01. The number of nitrogens with one attached hydrogen (secondary N) is 1. The minimum Gasteiger partial charge on any atom is -0.486 e. The lowest BCUT2D eigenvalue weighted by Gasteiger charge is -2.11. The van der Waals surface area contributed by atoms with Gasteiger partial charge in [-0.05, 0) is 55.3 Å². The van der Waals surface area contributed by atoms with Crippen molar-refractivity contribution in [3.8, 4) is 5.75 Å². The number of hydrogen-bond acceptors (Lipinski definition) is 5. The number of carbonyl (C=O) groups is 1. The molecule has 0 unspecified atom stereocenters. The zero-order valence-corrected chi connectivity index (χ0v) is 19.5. The van der Waals surface area contributed by atoms with Crippen LogP contribution in [-0.4, -0.2) is 26.4 Å². The summed E-state index contributed by atoms with van der Waals surface area (Å²) in [5.74, 6) is 1.36. The molecular formula is C22H22Cl2N4O2S. The van der Waals surface area contributed by atoms with E-state index in [1.54, 1.807) is 30.3 Å². The van der Waals surface area contributed by atoms with Gasteiger partial charge < -0.3 is 10.1 Å². The van der Waals surface area contributed by atoms with Gasteiger partial charge in [-0.15, -0.1) is 16.8 Å². The molecule has 1 amide bonds. The first-order valence-corrected chi connectivity index (χ1v) is 11.2. The van der Waals surface area contributed by atoms with Crippen molar-refractivity contribution in [2.75, 3.05) is 11.1 Å². The summed E-state index contributed by atoms with van der Waals surface area (Å²) >= 11 is 13.5. The van der Waals surface area contributed by atoms with Gasteiger partial charge in [-0.25, -0.2) is 0 Å². The lowest BCUT2D eigenvalue weighted by atomic mass is 10.2. The topological polar surface area (TPSA) is 69.0 Å². The summed E-state index contributed by atoms with van der Waals surface area (Å²) in [6.07, 6.45) is 1.75. The molecule has 31 heavy (non-hydrogen) atoms. The van der Waals surface area contributed by atoms with Crippen molar-refractivity contribution in [2.24, 2.45) is 0 Å². The molecule has 0 saturated carbocycles. The number of rotatable bonds is 9. The Balaban J connectivity index is 1.64. The molecule has 0 aliphatic carbocycles. The highest BCUT2D eigenvalue weighted by Gasteiger charge is 2.15. The summed E-state index contributed by atoms with van der Waals surface area (Å²) in [5, 5.41) is 13.2. The third-order valence-corrected chi connectivity index (χ3v) is 6.28. The van der Waals surface area contributed by atoms with Crippen molar-refractivity contribution in [1.29, 1.82) is 0 Å². The molecule has 0 radical (unpaired) electrons. The normalized spacial score (nSPS) is 10.7. The standard InChI is InChI=1S/C22H22Cl2N4O2S/c1-4-10-28-20(12-30-16-8-9-17(23)14(2)11-16)26-27-22(28)31-13-21(29)25-19-7-5-6-18(24)15(19)3/h4-9,11H,1,10,12-13H2,2-3H3,(H,25,29). The molecule has 162 valence electrons. The Morgan fingerprint density at radius 3 is 2.77 bits per heavy atom. The average Bonchev–Trinajstić information content (AvgIpc) is 3.13. The highest BCUT2D eigenvalue weighted by molar-refractivity contribution is 7.99. The van der Waals surface area contributed by atoms with Crippen LogP contribution in [0.1, 0.15) is 17.0 Å². The van der Waals surface area contributed by atoms with E-state index in [2.05, 4.69) is 22.1 Å². The zero-order chi connectivity index (χ0) is 22.4. The Hall–Kier alpha value is -2.48. The molecule has 0 fully saturated rings. The smallest absolute Gasteiger partial charge is 0.234 e. The molecule has 9 heteroatoms. The second kappa shape index (κ2) is 10.7. The first-order chi connectivity index (χ1) is 14.9. The molecule has 3 rings (SSSR count). The van der Waals surface area contributed by atoms with Gasteiger partial charge in [0.05, 0.1) is 5.75 Å². The number of benzene rings is 2. The maximum absolute atomic E-state index is 12.4. The van der Waals surface area contributed by atoms with E-state index < -0.39 is 0 Å². The van der Waals surface area contributed by atoms with Crippen LogP contribution in [0, 0.1) is 13.8 Å². The van der Waals surface area contributed by atoms with Crippen LogP contribution in [0.15, 0.2) is 54.2 Å². The minimum absolute atomic E-state index is 0.155. The van der Waals surface area contributed by atoms with Gasteiger partial charge in [0.1, 0.15) is 12.4 Å². The molecule has 1 heterocycles. The van der Waals surface area contributed by atoms with Crippen molar-refractivity contribution in [2.45, 2.75) is 32.2 Å². The lowest BCUT2D eigenvalue weighted by molar-refractivity contribution is -0.113. The zero-order valence-electron chi connectivity index (χ0n) is 17.2. The van der Waals surface area contributed by atoms with Crippen molar-refractivity contribution < 1.29 is 9.53 Å². The predicted molar refractivity (Wildman–Crippen MR) is 126 cm³/mol. The fraction of sp³-hybridized carbons (Fsp3) is 0.227. The fourth-order valence-corrected chi connectivity index (χ4v) is 3.82. The highest BCUT2D eigenvalue weighted by Crippen LogP contribution is 2.25. The van der Waals surface area contributed by atoms with Crippen molar-refractivity contribution in [1.82, 2.24) is 14.8 Å². The lowest BCUT2D eigenvalue weighted by Crippen LogP contribution is -2.15. The third kappa shape index (κ3) is 6.03. The Bertz CT molecular complexity index is 1100. The Morgan fingerprint density at radius 1 is 1.23 bits per heavy atom. The fourth-order valence-electron chi connectivity index (χ4n) is 2.76. The number of ether oxygens (including phenoxy) is 1. The van der Waals surface area contributed by atoms with Gasteiger partial charge >= 0.3 is 0 Å². The number of aromatic nitrogens is 3. The molecular weight excluding hydrogens is 455 g/mol. The van der Waals surface area contributed by atoms with Gasteiger partial charge in [0.15, 0.2) is 11.0 Å². The van der Waals surface area contributed by atoms with Crippen LogP contribution in [0.5, 0.6) is 5.75 Å². The van der Waals surface area contributed by atoms with Gasteiger partial charge in [-0.3, -0.25) is 9.36 Å². The number of carbonyl (C=O) groups excluding carboxylic acids is 1. The number of hydrogen-bond donors (Lipinski definition) is 1. The highest BCUT2D eigenvalue weighted by atomic mass is 35.5. The Labute approximate surface area is 195 Å². The van der Waals surface area contributed by atoms with Gasteiger partial charge in [0.25, 0.3) is 0 Å². The second-order valence-electron chi connectivity index (χ2n) is 6.75. The number of nitrogens with zero attached hydrogens (tertiary/aromatic N) is 3. The average molecular weight is 477 g/mol. The first kappa shape index (κ1) is 23.2. The summed E-state index contributed by atoms with van der Waals surface area (Å²) < 4.78 is 7.71. The molecule has 0 aliphatic heterocycles. The third-order valence-electron chi connectivity index (χ3n) is 4.48. The van der Waals surface area contributed by atoms with Crippen LogP contribution >= 0.6 is 35.0 Å². The molecule has 0 aliphatic rings. The van der Waals surface area contributed by atoms with Crippen LogP contribution in [-0.2, 0) is 17.9 Å². The first-order valence-electron chi connectivity index (χ1n) is 9.48. The molecule has 1 aromatic heterocycles. The molecule has 0 spiro atoms. The van der Waals surface area contributed by atoms with Crippen LogP contribution in [0.3, 0.4) is 0 Å². The van der Waals surface area contributed by atoms with Crippen molar-refractivity contribution in [3.05, 3.63) is 76.0 Å². The predicted octanol–water partition coefficient (Wildman–Crippen LogP) is 5.70. The summed E-state index contributed by atoms with van der Waals surface area (Å²) in [6.45, 7) is 8.31. The summed E-state index contributed by atoms with van der Waals surface area (Å²) in [5.41, 5.74) is 2.45. The number of halogens is 2. The summed E-state index contributed by atoms with van der Waals surface area (Å²) in [7, 11) is 0. The van der Waals surface area contributed by atoms with Gasteiger partial charge in [-0.1, -0.05) is 47.1 Å². The quantitative estimate of drug-likeness (QED) is 0.316. The van der Waals surface area contributed by atoms with Crippen LogP contribution in [0.4, 0.5) is 5.69 Å². The number of anilines is 1. The number of thioether (sulfide) groups is 1. The minimum atomic E-state index is -0.155. The molecule has 3 aromatic rings. The van der Waals surface area contributed by atoms with Crippen LogP contribution < -0.4 is 10.1 Å². The second-order valence-corrected chi connectivity index (χ2v) is 8.50. The number of amides is 1. The summed E-state index contributed by atoms with van der Waals surface area (Å²) in [4.78, 5) is 12.4. The SMILES string of the molecule is C=CCn1c(COc2ccc(Cl)c(C)c2)nnc1SCC(=O)Nc1cccc(Cl)c1C. The van der Waals surface area contributed by atoms with Crippen molar-refractivity contribution in [3.63, 3.8) is 0 Å². The molecule has 2 aromatic carbocycles. The summed E-state index contributed by atoms with van der Waals surface area (Å²) in [6, 6.07) is 10.9. The van der Waals surface area contributed by atoms with Crippen LogP contribution in [0.2, 0.25) is 10.0 Å². The molecule has 6 nitrogen and oxygen atoms in total. The molecule has 0 atom stereocenters. The monoisotopic (exact) mass is 476 g/mol. The van der Waals surface area contributed by atoms with E-state index in [-0.39, 0.29) is 18.3 Å². The molecule has 0 bridgehead atoms. The van der Waals surface area contributed by atoms with E-state index in [1.807, 2.05) is 30.5 Å². The van der Waals surface area contributed by atoms with E-state index in [0.717, 1.165) is 11.1 Å². The van der Waals surface area contributed by atoms with Gasteiger partial charge in [-0.2, -0.15) is 0 Å². The van der Waals surface area contributed by atoms with E-state index in [1.165, 1.54) is 11.8 Å². The van der Waals surface area contributed by atoms with Gasteiger partial charge in [0, 0.05) is 22.3 Å². The molecule has 0 saturated heterocycles. The van der Waals surface area contributed by atoms with Gasteiger partial charge in [0.2, 0.25) is 5.91 Å². The largest absolute Gasteiger partial charge is 0.486 e. The Morgan fingerprint density at radius 2 is 2.03 bits per heavy atom. The molecule has 1 N–H and O–H groups in total. The number of allylic oxidation sites excluding steroid dienone is 1. The maximum Gasteiger partial charge on any atom is 0.234 e. The van der Waals surface area contributed by atoms with E-state index >= 15 is 0 Å². The van der Waals surface area contributed by atoms with E-state index in [4.69, 9.17) is 27.9 Å². The van der Waals surface area contributed by atoms with Crippen LogP contribution in [0.25, 0.3) is 0 Å². The van der Waals surface area contributed by atoms with Crippen molar-refractivity contribution >= 4 is 46.6 Å². The maximum atomic E-state index is 12.4. The number of aryl methyl sites for hydroxylation is 1.